The molecule has 106 valence electrons. The number of carboxylic acid groups (broad SMARTS) is 1. The molecule has 0 atom stereocenters. The molecule has 2 N–H and O–H groups in total. The fourth-order valence-electron chi connectivity index (χ4n) is 0.574. The van der Waals surface area contributed by atoms with E-state index in [4.69, 9.17) is 0 Å². The number of benzene rings is 1. The summed E-state index contributed by atoms with van der Waals surface area (Å²) in [5, 5.41) is 10.1. The largest absolute Gasteiger partial charge is 1.00 e. The molecule has 0 amide bonds. The third kappa shape index (κ3) is 24.2. The molecule has 0 unspecified atom stereocenters. The summed E-state index contributed by atoms with van der Waals surface area (Å²) in [4.78, 5) is 12.9. The van der Waals surface area contributed by atoms with E-state index in [0.29, 0.717) is 0 Å². The van der Waals surface area contributed by atoms with Crippen molar-refractivity contribution in [1.29, 1.82) is 0 Å². The molecular formula is C13H25ClN2O2. The number of quaternary nitrogens is 2. The van der Waals surface area contributed by atoms with Crippen molar-refractivity contribution in [2.45, 2.75) is 0 Å². The second-order valence-electron chi connectivity index (χ2n) is 4.65. The molecule has 0 aromatic heterocycles. The summed E-state index contributed by atoms with van der Waals surface area (Å²) in [5.74, 6) is -1.13. The molecule has 5 heteroatoms. The van der Waals surface area contributed by atoms with Crippen LogP contribution in [0, 0.1) is 0 Å². The van der Waals surface area contributed by atoms with Crippen LogP contribution in [0.1, 0.15) is 10.4 Å². The van der Waals surface area contributed by atoms with E-state index in [9.17, 15) is 9.90 Å². The minimum Gasteiger partial charge on any atom is -1.00 e. The Morgan fingerprint density at radius 2 is 1.17 bits per heavy atom. The van der Waals surface area contributed by atoms with Crippen LogP contribution in [-0.4, -0.2) is 48.3 Å². The molecule has 0 bridgehead atoms. The number of halogens is 1. The van der Waals surface area contributed by atoms with Crippen molar-refractivity contribution in [3.05, 3.63) is 35.9 Å². The number of carbonyl (C=O) groups excluding carboxylic acids is 1. The summed E-state index contributed by atoms with van der Waals surface area (Å²) in [6, 6.07) is 8.06. The first kappa shape index (κ1) is 22.1. The molecule has 0 heterocycles. The second kappa shape index (κ2) is 14.0. The zero-order valence-electron chi connectivity index (χ0n) is 12.1. The van der Waals surface area contributed by atoms with E-state index < -0.39 is 5.97 Å². The van der Waals surface area contributed by atoms with Gasteiger partial charge in [-0.3, -0.25) is 0 Å². The highest BCUT2D eigenvalue weighted by Gasteiger charge is 1.85. The first-order valence-corrected chi connectivity index (χ1v) is 5.57. The number of nitrogens with one attached hydrogen (secondary N) is 2. The van der Waals surface area contributed by atoms with Crippen LogP contribution >= 0.6 is 0 Å². The smallest absolute Gasteiger partial charge is 0.0715 e. The highest BCUT2D eigenvalue weighted by atomic mass is 35.5. The van der Waals surface area contributed by atoms with Gasteiger partial charge in [-0.15, -0.1) is 0 Å². The first-order chi connectivity index (χ1) is 7.77. The van der Waals surface area contributed by atoms with Crippen molar-refractivity contribution >= 4 is 5.97 Å². The number of hydrogen-bond acceptors (Lipinski definition) is 2. The van der Waals surface area contributed by atoms with Crippen LogP contribution in [0.15, 0.2) is 30.3 Å². The van der Waals surface area contributed by atoms with Gasteiger partial charge in [-0.25, -0.2) is 0 Å². The fourth-order valence-corrected chi connectivity index (χ4v) is 0.574. The lowest BCUT2D eigenvalue weighted by molar-refractivity contribution is -0.836. The van der Waals surface area contributed by atoms with Crippen molar-refractivity contribution in [2.24, 2.45) is 0 Å². The monoisotopic (exact) mass is 276 g/mol. The minimum absolute atomic E-state index is 0. The molecule has 0 fully saturated rings. The van der Waals surface area contributed by atoms with Crippen LogP contribution in [0.4, 0.5) is 0 Å². The maximum absolute atomic E-state index is 10.1. The molecule has 0 aliphatic rings. The topological polar surface area (TPSA) is 49.0 Å². The van der Waals surface area contributed by atoms with Gasteiger partial charge in [-0.05, 0) is 5.56 Å². The number of hydrogen-bond donors (Lipinski definition) is 2. The number of aromatic carboxylic acids is 1. The Bertz CT molecular complexity index is 279. The highest BCUT2D eigenvalue weighted by molar-refractivity contribution is 5.85. The van der Waals surface area contributed by atoms with Crippen LogP contribution < -0.4 is 27.3 Å². The Kier molecular flexibility index (Phi) is 17.2. The number of carbonyl (C=O) groups is 1. The SMILES string of the molecule is C[NH+](C)C.C[NH+](C)C.O=C([O-])c1ccccc1.[Cl-]. The van der Waals surface area contributed by atoms with E-state index in [-0.39, 0.29) is 18.0 Å². The second-order valence-corrected chi connectivity index (χ2v) is 4.65. The van der Waals surface area contributed by atoms with Crippen molar-refractivity contribution < 1.29 is 32.1 Å². The van der Waals surface area contributed by atoms with E-state index in [2.05, 4.69) is 42.3 Å². The van der Waals surface area contributed by atoms with E-state index in [0.717, 1.165) is 0 Å². The third-order valence-corrected chi connectivity index (χ3v) is 1.01. The van der Waals surface area contributed by atoms with Crippen LogP contribution in [0.2, 0.25) is 0 Å². The number of carboxylic acids is 1. The Morgan fingerprint density at radius 1 is 0.889 bits per heavy atom. The molecule has 1 rings (SSSR count). The maximum atomic E-state index is 10.1. The predicted molar refractivity (Wildman–Crippen MR) is 68.2 cm³/mol. The van der Waals surface area contributed by atoms with Crippen LogP contribution in [0.25, 0.3) is 0 Å². The molecule has 0 saturated carbocycles. The highest BCUT2D eigenvalue weighted by Crippen LogP contribution is 1.94. The normalized spacial score (nSPS) is 8.44. The standard InChI is InChI=1S/C7H6O2.2C3H9N.ClH/c8-7(9)6-4-2-1-3-5-6;2*1-4(2)3;/h1-5H,(H,8,9);2*1-3H3;1H. The van der Waals surface area contributed by atoms with Crippen molar-refractivity contribution in [1.82, 2.24) is 0 Å². The Hall–Kier alpha value is -1.10. The summed E-state index contributed by atoms with van der Waals surface area (Å²) in [5.41, 5.74) is 0.220. The molecule has 0 aliphatic carbocycles. The van der Waals surface area contributed by atoms with Gasteiger partial charge in [0.2, 0.25) is 0 Å². The average Bonchev–Trinajstić information content (AvgIpc) is 2.17. The maximum Gasteiger partial charge on any atom is 0.0715 e. The summed E-state index contributed by atoms with van der Waals surface area (Å²) >= 11 is 0. The molecule has 0 aliphatic heterocycles. The van der Waals surface area contributed by atoms with Gasteiger partial charge in [0.25, 0.3) is 0 Å². The Balaban J connectivity index is -0.000000214. The zero-order chi connectivity index (χ0) is 13.8. The Labute approximate surface area is 117 Å². The van der Waals surface area contributed by atoms with Crippen molar-refractivity contribution in [3.63, 3.8) is 0 Å². The van der Waals surface area contributed by atoms with E-state index in [1.54, 1.807) is 18.2 Å². The van der Waals surface area contributed by atoms with E-state index in [1.807, 2.05) is 0 Å². The van der Waals surface area contributed by atoms with Gasteiger partial charge < -0.3 is 32.1 Å². The van der Waals surface area contributed by atoms with E-state index in [1.165, 1.54) is 21.9 Å². The summed E-state index contributed by atoms with van der Waals surface area (Å²) < 4.78 is 0. The Morgan fingerprint density at radius 3 is 1.33 bits per heavy atom. The van der Waals surface area contributed by atoms with Crippen molar-refractivity contribution in [3.8, 4) is 0 Å². The zero-order valence-corrected chi connectivity index (χ0v) is 12.8. The molecule has 1 aromatic rings. The average molecular weight is 277 g/mol. The van der Waals surface area contributed by atoms with Gasteiger partial charge >= 0.3 is 0 Å². The van der Waals surface area contributed by atoms with Gasteiger partial charge in [0.15, 0.2) is 0 Å². The minimum atomic E-state index is -1.13. The van der Waals surface area contributed by atoms with Crippen molar-refractivity contribution in [2.75, 3.05) is 42.3 Å². The summed E-state index contributed by atoms with van der Waals surface area (Å²) in [7, 11) is 12.5. The predicted octanol–water partition coefficient (Wildman–Crippen LogP) is -5.42. The lowest BCUT2D eigenvalue weighted by Crippen LogP contribution is -3.02. The lowest BCUT2D eigenvalue weighted by Gasteiger charge is -1.97. The molecule has 1 aromatic carbocycles. The molecule has 0 radical (unpaired) electrons. The number of rotatable bonds is 1. The summed E-state index contributed by atoms with van der Waals surface area (Å²) in [6.45, 7) is 0. The molecular weight excluding hydrogens is 252 g/mol. The molecule has 4 nitrogen and oxygen atoms in total. The van der Waals surface area contributed by atoms with Gasteiger partial charge in [-0.1, -0.05) is 30.3 Å². The molecule has 18 heavy (non-hydrogen) atoms. The van der Waals surface area contributed by atoms with Crippen LogP contribution in [-0.2, 0) is 0 Å². The van der Waals surface area contributed by atoms with E-state index >= 15 is 0 Å². The quantitative estimate of drug-likeness (QED) is 0.538. The summed E-state index contributed by atoms with van der Waals surface area (Å²) in [6.07, 6.45) is 0. The lowest BCUT2D eigenvalue weighted by atomic mass is 10.2. The van der Waals surface area contributed by atoms with Gasteiger partial charge in [0.1, 0.15) is 0 Å². The third-order valence-electron chi connectivity index (χ3n) is 1.01. The van der Waals surface area contributed by atoms with Gasteiger partial charge in [-0.2, -0.15) is 0 Å². The van der Waals surface area contributed by atoms with Gasteiger partial charge in [0.05, 0.1) is 48.3 Å². The fraction of sp³-hybridized carbons (Fsp3) is 0.462. The first-order valence-electron chi connectivity index (χ1n) is 5.57. The van der Waals surface area contributed by atoms with Crippen LogP contribution in [0.3, 0.4) is 0 Å². The molecule has 0 spiro atoms. The van der Waals surface area contributed by atoms with Gasteiger partial charge in [0, 0.05) is 0 Å². The van der Waals surface area contributed by atoms with Crippen LogP contribution in [0.5, 0.6) is 0 Å². The molecule has 0 saturated heterocycles.